The summed E-state index contributed by atoms with van der Waals surface area (Å²) in [5.41, 5.74) is 4.76. The van der Waals surface area contributed by atoms with E-state index in [0.29, 0.717) is 17.9 Å². The molecule has 2 rings (SSSR count). The van der Waals surface area contributed by atoms with Crippen LogP contribution in [0.3, 0.4) is 0 Å². The SMILES string of the molecule is CCN(CCNc1nnc(C)c(C)c1C#N)c1ccccc1C. The molecule has 1 heterocycles. The van der Waals surface area contributed by atoms with Gasteiger partial charge in [0.15, 0.2) is 5.82 Å². The Labute approximate surface area is 138 Å². The second kappa shape index (κ2) is 7.59. The molecule has 23 heavy (non-hydrogen) atoms. The van der Waals surface area contributed by atoms with Gasteiger partial charge in [0.1, 0.15) is 11.6 Å². The summed E-state index contributed by atoms with van der Waals surface area (Å²) < 4.78 is 0. The smallest absolute Gasteiger partial charge is 0.166 e. The zero-order valence-corrected chi connectivity index (χ0v) is 14.2. The van der Waals surface area contributed by atoms with Gasteiger partial charge < -0.3 is 10.2 Å². The van der Waals surface area contributed by atoms with Crippen molar-refractivity contribution in [2.75, 3.05) is 29.9 Å². The first-order valence-corrected chi connectivity index (χ1v) is 7.86. The fraction of sp³-hybridized carbons (Fsp3) is 0.389. The van der Waals surface area contributed by atoms with Crippen molar-refractivity contribution in [1.82, 2.24) is 10.2 Å². The van der Waals surface area contributed by atoms with Crippen molar-refractivity contribution in [3.05, 3.63) is 46.6 Å². The van der Waals surface area contributed by atoms with Gasteiger partial charge in [-0.2, -0.15) is 10.4 Å². The number of aromatic nitrogens is 2. The molecule has 1 aromatic carbocycles. The first-order valence-electron chi connectivity index (χ1n) is 7.86. The first kappa shape index (κ1) is 16.8. The molecule has 5 heteroatoms. The van der Waals surface area contributed by atoms with Gasteiger partial charge in [-0.25, -0.2) is 0 Å². The molecule has 0 aliphatic heterocycles. The second-order valence-corrected chi connectivity index (χ2v) is 5.54. The molecule has 0 fully saturated rings. The van der Waals surface area contributed by atoms with Crippen LogP contribution < -0.4 is 10.2 Å². The van der Waals surface area contributed by atoms with E-state index in [2.05, 4.69) is 64.6 Å². The van der Waals surface area contributed by atoms with Crippen LogP contribution in [0.2, 0.25) is 0 Å². The van der Waals surface area contributed by atoms with Crippen LogP contribution in [0.25, 0.3) is 0 Å². The van der Waals surface area contributed by atoms with Gasteiger partial charge in [-0.15, -0.1) is 5.10 Å². The molecule has 0 atom stereocenters. The van der Waals surface area contributed by atoms with Crippen LogP contribution in [0.15, 0.2) is 24.3 Å². The number of aryl methyl sites for hydroxylation is 2. The number of anilines is 2. The minimum atomic E-state index is 0.566. The maximum absolute atomic E-state index is 9.32. The molecular weight excluding hydrogens is 286 g/mol. The van der Waals surface area contributed by atoms with Crippen LogP contribution in [0.4, 0.5) is 11.5 Å². The number of likely N-dealkylation sites (N-methyl/N-ethyl adjacent to an activating group) is 1. The van der Waals surface area contributed by atoms with Crippen LogP contribution >= 0.6 is 0 Å². The van der Waals surface area contributed by atoms with E-state index in [1.165, 1.54) is 11.3 Å². The third-order valence-electron chi connectivity index (χ3n) is 4.08. The summed E-state index contributed by atoms with van der Waals surface area (Å²) in [5, 5.41) is 20.8. The van der Waals surface area contributed by atoms with Crippen molar-refractivity contribution in [2.24, 2.45) is 0 Å². The van der Waals surface area contributed by atoms with E-state index in [0.717, 1.165) is 24.3 Å². The summed E-state index contributed by atoms with van der Waals surface area (Å²) in [7, 11) is 0. The Morgan fingerprint density at radius 3 is 2.57 bits per heavy atom. The van der Waals surface area contributed by atoms with Gasteiger partial charge in [0.25, 0.3) is 0 Å². The zero-order valence-electron chi connectivity index (χ0n) is 14.2. The van der Waals surface area contributed by atoms with Crippen molar-refractivity contribution in [1.29, 1.82) is 5.26 Å². The Morgan fingerprint density at radius 1 is 1.17 bits per heavy atom. The van der Waals surface area contributed by atoms with Crippen LogP contribution in [0.5, 0.6) is 0 Å². The van der Waals surface area contributed by atoms with E-state index in [1.807, 2.05) is 13.8 Å². The fourth-order valence-corrected chi connectivity index (χ4v) is 2.55. The third-order valence-corrected chi connectivity index (χ3v) is 4.08. The van der Waals surface area contributed by atoms with Crippen LogP contribution in [-0.2, 0) is 0 Å². The highest BCUT2D eigenvalue weighted by Crippen LogP contribution is 2.20. The summed E-state index contributed by atoms with van der Waals surface area (Å²) in [4.78, 5) is 2.31. The second-order valence-electron chi connectivity index (χ2n) is 5.54. The Bertz CT molecular complexity index is 718. The summed E-state index contributed by atoms with van der Waals surface area (Å²) in [6, 6.07) is 10.6. The quantitative estimate of drug-likeness (QED) is 0.887. The van der Waals surface area contributed by atoms with Crippen molar-refractivity contribution in [2.45, 2.75) is 27.7 Å². The lowest BCUT2D eigenvalue weighted by Crippen LogP contribution is -2.29. The van der Waals surface area contributed by atoms with Gasteiger partial charge in [0.05, 0.1) is 5.69 Å². The Hall–Kier alpha value is -2.61. The molecule has 0 saturated carbocycles. The minimum Gasteiger partial charge on any atom is -0.370 e. The van der Waals surface area contributed by atoms with E-state index in [1.54, 1.807) is 0 Å². The number of hydrogen-bond acceptors (Lipinski definition) is 5. The molecule has 0 spiro atoms. The molecule has 0 amide bonds. The van der Waals surface area contributed by atoms with Crippen molar-refractivity contribution >= 4 is 11.5 Å². The van der Waals surface area contributed by atoms with E-state index < -0.39 is 0 Å². The van der Waals surface area contributed by atoms with E-state index >= 15 is 0 Å². The third kappa shape index (κ3) is 3.78. The molecular formula is C18H23N5. The van der Waals surface area contributed by atoms with Gasteiger partial charge in [-0.3, -0.25) is 0 Å². The average Bonchev–Trinajstić information content (AvgIpc) is 2.56. The molecule has 2 aromatic rings. The summed E-state index contributed by atoms with van der Waals surface area (Å²) in [6.07, 6.45) is 0. The largest absolute Gasteiger partial charge is 0.370 e. The van der Waals surface area contributed by atoms with Gasteiger partial charge in [0.2, 0.25) is 0 Å². The van der Waals surface area contributed by atoms with E-state index in [9.17, 15) is 5.26 Å². The molecule has 1 N–H and O–H groups in total. The van der Waals surface area contributed by atoms with Crippen LogP contribution in [-0.4, -0.2) is 29.8 Å². The highest BCUT2D eigenvalue weighted by atomic mass is 15.2. The summed E-state index contributed by atoms with van der Waals surface area (Å²) in [6.45, 7) is 10.5. The number of para-hydroxylation sites is 1. The lowest BCUT2D eigenvalue weighted by atomic mass is 10.1. The number of hydrogen-bond donors (Lipinski definition) is 1. The topological polar surface area (TPSA) is 64.8 Å². The summed E-state index contributed by atoms with van der Waals surface area (Å²) in [5.74, 6) is 0.566. The predicted molar refractivity (Wildman–Crippen MR) is 93.8 cm³/mol. The molecule has 120 valence electrons. The Balaban J connectivity index is 2.06. The Morgan fingerprint density at radius 2 is 1.91 bits per heavy atom. The maximum Gasteiger partial charge on any atom is 0.166 e. The number of benzene rings is 1. The van der Waals surface area contributed by atoms with Crippen molar-refractivity contribution < 1.29 is 0 Å². The minimum absolute atomic E-state index is 0.566. The molecule has 1 aromatic heterocycles. The summed E-state index contributed by atoms with van der Waals surface area (Å²) >= 11 is 0. The lowest BCUT2D eigenvalue weighted by Gasteiger charge is -2.25. The zero-order chi connectivity index (χ0) is 16.8. The number of nitrogens with zero attached hydrogens (tertiary/aromatic N) is 4. The first-order chi connectivity index (χ1) is 11.1. The van der Waals surface area contributed by atoms with Gasteiger partial charge in [-0.1, -0.05) is 18.2 Å². The van der Waals surface area contributed by atoms with Gasteiger partial charge in [-0.05, 0) is 44.9 Å². The van der Waals surface area contributed by atoms with Gasteiger partial charge >= 0.3 is 0 Å². The monoisotopic (exact) mass is 309 g/mol. The predicted octanol–water partition coefficient (Wildman–Crippen LogP) is 3.21. The van der Waals surface area contributed by atoms with Crippen LogP contribution in [0, 0.1) is 32.1 Å². The molecule has 0 saturated heterocycles. The fourth-order valence-electron chi connectivity index (χ4n) is 2.55. The number of nitriles is 1. The maximum atomic E-state index is 9.32. The Kier molecular flexibility index (Phi) is 5.53. The van der Waals surface area contributed by atoms with Crippen LogP contribution in [0.1, 0.15) is 29.3 Å². The van der Waals surface area contributed by atoms with E-state index in [-0.39, 0.29) is 0 Å². The standard InChI is InChI=1S/C18H23N5/c1-5-23(17-9-7-6-8-13(17)2)11-10-20-18-16(12-19)14(3)15(4)21-22-18/h6-9H,5,10-11H2,1-4H3,(H,20,22). The number of nitrogens with one attached hydrogen (secondary N) is 1. The number of rotatable bonds is 6. The highest BCUT2D eigenvalue weighted by molar-refractivity contribution is 5.56. The normalized spacial score (nSPS) is 10.2. The molecule has 0 bridgehead atoms. The molecule has 5 nitrogen and oxygen atoms in total. The molecule has 0 radical (unpaired) electrons. The van der Waals surface area contributed by atoms with Gasteiger partial charge in [0, 0.05) is 25.3 Å². The molecule has 0 unspecified atom stereocenters. The highest BCUT2D eigenvalue weighted by Gasteiger charge is 2.11. The average molecular weight is 309 g/mol. The lowest BCUT2D eigenvalue weighted by molar-refractivity contribution is 0.824. The van der Waals surface area contributed by atoms with Crippen molar-refractivity contribution in [3.8, 4) is 6.07 Å². The van der Waals surface area contributed by atoms with E-state index in [4.69, 9.17) is 0 Å². The van der Waals surface area contributed by atoms with Crippen molar-refractivity contribution in [3.63, 3.8) is 0 Å². The molecule has 0 aliphatic rings. The molecule has 0 aliphatic carbocycles.